The lowest BCUT2D eigenvalue weighted by molar-refractivity contribution is 0.141. The summed E-state index contributed by atoms with van der Waals surface area (Å²) in [6.07, 6.45) is 5.77. The Morgan fingerprint density at radius 2 is 1.82 bits per heavy atom. The van der Waals surface area contributed by atoms with Crippen molar-refractivity contribution in [3.05, 3.63) is 72.8 Å². The van der Waals surface area contributed by atoms with E-state index < -0.39 is 0 Å². The molecule has 28 heavy (non-hydrogen) atoms. The summed E-state index contributed by atoms with van der Waals surface area (Å²) >= 11 is 1.70. The van der Waals surface area contributed by atoms with E-state index in [1.165, 1.54) is 16.1 Å². The number of nitrogens with zero attached hydrogens (tertiary/aromatic N) is 4. The number of benzene rings is 2. The summed E-state index contributed by atoms with van der Waals surface area (Å²) in [4.78, 5) is 9.96. The van der Waals surface area contributed by atoms with Crippen molar-refractivity contribution in [3.63, 3.8) is 0 Å². The van der Waals surface area contributed by atoms with Crippen LogP contribution in [0.4, 0.5) is 11.4 Å². The third-order valence-corrected chi connectivity index (χ3v) is 6.81. The minimum atomic E-state index is -0.106. The Balaban J connectivity index is 1.71. The molecule has 1 aliphatic heterocycles. The van der Waals surface area contributed by atoms with Gasteiger partial charge in [0.2, 0.25) is 0 Å². The molecule has 2 heterocycles. The van der Waals surface area contributed by atoms with Crippen molar-refractivity contribution in [2.75, 3.05) is 19.0 Å². The van der Waals surface area contributed by atoms with Gasteiger partial charge in [-0.2, -0.15) is 0 Å². The van der Waals surface area contributed by atoms with Gasteiger partial charge < -0.3 is 20.1 Å². The Bertz CT molecular complexity index is 934. The Morgan fingerprint density at radius 3 is 2.46 bits per heavy atom. The first kappa shape index (κ1) is 19.1. The maximum absolute atomic E-state index is 6.42. The zero-order valence-electron chi connectivity index (χ0n) is 16.8. The van der Waals surface area contributed by atoms with Crippen LogP contribution in [0.5, 0.6) is 0 Å². The second-order valence-electron chi connectivity index (χ2n) is 7.90. The zero-order valence-corrected chi connectivity index (χ0v) is 17.6. The van der Waals surface area contributed by atoms with Gasteiger partial charge in [-0.15, -0.1) is 0 Å². The molecule has 2 atom stereocenters. The van der Waals surface area contributed by atoms with Crippen LogP contribution in [0.2, 0.25) is 0 Å². The highest BCUT2D eigenvalue weighted by molar-refractivity contribution is 8.00. The standard InChI is InChI=1S/C22H27N5S/c1-22(2,25(3)4)20(26-14-13-24-15-26)16-9-11-17(12-10-16)27-18-7-5-6-8-19(18)28-21(27)23/h5-15,20-21H,23H2,1-4H3. The molecule has 6 heteroatoms. The predicted molar refractivity (Wildman–Crippen MR) is 117 cm³/mol. The fourth-order valence-electron chi connectivity index (χ4n) is 3.79. The first-order valence-corrected chi connectivity index (χ1v) is 10.3. The van der Waals surface area contributed by atoms with Gasteiger partial charge in [-0.1, -0.05) is 36.0 Å². The van der Waals surface area contributed by atoms with Crippen molar-refractivity contribution >= 4 is 23.1 Å². The molecule has 1 aliphatic rings. The van der Waals surface area contributed by atoms with E-state index in [4.69, 9.17) is 5.73 Å². The van der Waals surface area contributed by atoms with E-state index in [1.54, 1.807) is 11.8 Å². The molecule has 1 aromatic heterocycles. The summed E-state index contributed by atoms with van der Waals surface area (Å²) in [6, 6.07) is 17.3. The highest BCUT2D eigenvalue weighted by Crippen LogP contribution is 2.45. The number of rotatable bonds is 5. The second kappa shape index (κ2) is 7.28. The second-order valence-corrected chi connectivity index (χ2v) is 9.06. The fraction of sp³-hybridized carbons (Fsp3) is 0.318. The van der Waals surface area contributed by atoms with Gasteiger partial charge in [-0.3, -0.25) is 0 Å². The lowest BCUT2D eigenvalue weighted by Crippen LogP contribution is -2.46. The van der Waals surface area contributed by atoms with Crippen molar-refractivity contribution in [2.24, 2.45) is 5.73 Å². The van der Waals surface area contributed by atoms with Gasteiger partial charge >= 0.3 is 0 Å². The summed E-state index contributed by atoms with van der Waals surface area (Å²) < 4.78 is 2.18. The van der Waals surface area contributed by atoms with Crippen LogP contribution in [0.3, 0.4) is 0 Å². The minimum absolute atomic E-state index is 0.0886. The number of hydrogen-bond acceptors (Lipinski definition) is 5. The van der Waals surface area contributed by atoms with Crippen molar-refractivity contribution < 1.29 is 0 Å². The number of fused-ring (bicyclic) bond motifs is 1. The third-order valence-electron chi connectivity index (χ3n) is 5.76. The predicted octanol–water partition coefficient (Wildman–Crippen LogP) is 4.30. The van der Waals surface area contributed by atoms with Crippen LogP contribution in [0.25, 0.3) is 0 Å². The fourth-order valence-corrected chi connectivity index (χ4v) is 4.84. The molecule has 2 N–H and O–H groups in total. The number of thioether (sulfide) groups is 1. The van der Waals surface area contributed by atoms with Gasteiger partial charge in [0.25, 0.3) is 0 Å². The Kier molecular flexibility index (Phi) is 4.95. The molecule has 4 rings (SSSR count). The monoisotopic (exact) mass is 393 g/mol. The van der Waals surface area contributed by atoms with E-state index in [1.807, 2.05) is 18.7 Å². The topological polar surface area (TPSA) is 50.3 Å². The quantitative estimate of drug-likeness (QED) is 0.700. The van der Waals surface area contributed by atoms with Gasteiger partial charge in [-0.25, -0.2) is 4.98 Å². The minimum Gasteiger partial charge on any atom is -0.328 e. The number of anilines is 2. The number of nitrogens with two attached hydrogens (primary N) is 1. The highest BCUT2D eigenvalue weighted by Gasteiger charge is 2.34. The molecule has 0 fully saturated rings. The maximum Gasteiger partial charge on any atom is 0.134 e. The van der Waals surface area contributed by atoms with E-state index in [2.05, 4.69) is 95.8 Å². The molecule has 2 unspecified atom stereocenters. The van der Waals surface area contributed by atoms with Gasteiger partial charge in [-0.05, 0) is 57.8 Å². The summed E-state index contributed by atoms with van der Waals surface area (Å²) in [5.41, 5.74) is 9.75. The molecule has 0 spiro atoms. The smallest absolute Gasteiger partial charge is 0.134 e. The average Bonchev–Trinajstić information content (AvgIpc) is 3.29. The molecule has 3 aromatic rings. The molecular formula is C22H27N5S. The summed E-state index contributed by atoms with van der Waals surface area (Å²) in [7, 11) is 4.24. The molecule has 0 saturated carbocycles. The van der Waals surface area contributed by atoms with E-state index in [9.17, 15) is 0 Å². The van der Waals surface area contributed by atoms with E-state index >= 15 is 0 Å². The summed E-state index contributed by atoms with van der Waals surface area (Å²) in [5.74, 6) is 0. The third kappa shape index (κ3) is 3.21. The lowest BCUT2D eigenvalue weighted by atomic mass is 9.87. The average molecular weight is 394 g/mol. The van der Waals surface area contributed by atoms with Crippen molar-refractivity contribution in [1.29, 1.82) is 0 Å². The molecule has 5 nitrogen and oxygen atoms in total. The first-order chi connectivity index (χ1) is 13.4. The molecular weight excluding hydrogens is 366 g/mol. The normalized spacial score (nSPS) is 17.8. The molecule has 146 valence electrons. The van der Waals surface area contributed by atoms with Crippen LogP contribution in [-0.4, -0.2) is 39.6 Å². The highest BCUT2D eigenvalue weighted by atomic mass is 32.2. The van der Waals surface area contributed by atoms with Crippen molar-refractivity contribution in [2.45, 2.75) is 35.8 Å². The number of aromatic nitrogens is 2. The zero-order chi connectivity index (χ0) is 19.9. The van der Waals surface area contributed by atoms with E-state index in [0.717, 1.165) is 5.69 Å². The lowest BCUT2D eigenvalue weighted by Gasteiger charge is -2.41. The van der Waals surface area contributed by atoms with Crippen LogP contribution >= 0.6 is 11.8 Å². The van der Waals surface area contributed by atoms with Crippen LogP contribution in [0, 0.1) is 0 Å². The molecule has 0 aliphatic carbocycles. The van der Waals surface area contributed by atoms with Crippen LogP contribution in [0.1, 0.15) is 25.5 Å². The number of likely N-dealkylation sites (N-methyl/N-ethyl adjacent to an activating group) is 1. The molecule has 0 saturated heterocycles. The Labute approximate surface area is 171 Å². The van der Waals surface area contributed by atoms with Crippen LogP contribution in [0.15, 0.2) is 72.1 Å². The first-order valence-electron chi connectivity index (χ1n) is 9.45. The Morgan fingerprint density at radius 1 is 1.11 bits per heavy atom. The van der Waals surface area contributed by atoms with Crippen LogP contribution < -0.4 is 10.6 Å². The van der Waals surface area contributed by atoms with Gasteiger partial charge in [0, 0.05) is 28.5 Å². The van der Waals surface area contributed by atoms with Crippen molar-refractivity contribution in [1.82, 2.24) is 14.5 Å². The maximum atomic E-state index is 6.42. The van der Waals surface area contributed by atoms with Gasteiger partial charge in [0.1, 0.15) is 5.50 Å². The number of hydrogen-bond donors (Lipinski definition) is 1. The Hall–Kier alpha value is -2.28. The molecule has 0 amide bonds. The van der Waals surface area contributed by atoms with Crippen molar-refractivity contribution in [3.8, 4) is 0 Å². The number of imidazole rings is 1. The SMILES string of the molecule is CN(C)C(C)(C)C(c1ccc(N2c3ccccc3SC2N)cc1)n1ccnc1. The molecule has 2 aromatic carbocycles. The molecule has 0 bridgehead atoms. The van der Waals surface area contributed by atoms with Gasteiger partial charge in [0.05, 0.1) is 18.1 Å². The van der Waals surface area contributed by atoms with E-state index in [0.29, 0.717) is 0 Å². The van der Waals surface area contributed by atoms with E-state index in [-0.39, 0.29) is 17.1 Å². The number of para-hydroxylation sites is 1. The van der Waals surface area contributed by atoms with Crippen LogP contribution in [-0.2, 0) is 0 Å². The van der Waals surface area contributed by atoms with Gasteiger partial charge in [0.15, 0.2) is 0 Å². The molecule has 0 radical (unpaired) electrons. The summed E-state index contributed by atoms with van der Waals surface area (Å²) in [5, 5.41) is 0. The summed E-state index contributed by atoms with van der Waals surface area (Å²) in [6.45, 7) is 4.52. The largest absolute Gasteiger partial charge is 0.328 e.